The SMILES string of the molecule is C=CCOC(=O)N1C2=C(CC(C)C(OCc3cccc(CC(C)=O)c3)=C2)C(=O)N2CCCC[C@H]2C1OC1CCCCO1. The highest BCUT2D eigenvalue weighted by Gasteiger charge is 2.48. The summed E-state index contributed by atoms with van der Waals surface area (Å²) >= 11 is 0. The third-order valence-electron chi connectivity index (χ3n) is 8.30. The van der Waals surface area contributed by atoms with Crippen LogP contribution in [0.5, 0.6) is 0 Å². The highest BCUT2D eigenvalue weighted by Crippen LogP contribution is 2.40. The van der Waals surface area contributed by atoms with Crippen molar-refractivity contribution in [1.29, 1.82) is 0 Å². The molecule has 5 rings (SSSR count). The maximum absolute atomic E-state index is 14.1. The van der Waals surface area contributed by atoms with Crippen LogP contribution in [0.15, 0.2) is 60.0 Å². The lowest BCUT2D eigenvalue weighted by Crippen LogP contribution is -2.56. The van der Waals surface area contributed by atoms with Gasteiger partial charge in [0.2, 0.25) is 0 Å². The molecule has 2 saturated heterocycles. The molecule has 42 heavy (non-hydrogen) atoms. The number of amides is 2. The molecule has 3 unspecified atom stereocenters. The average Bonchev–Trinajstić information content (AvgIpc) is 3.08. The number of carbonyl (C=O) groups excluding carboxylic acids is 3. The third-order valence-corrected chi connectivity index (χ3v) is 8.30. The molecule has 0 bridgehead atoms. The molecule has 0 spiro atoms. The minimum Gasteiger partial charge on any atom is -0.493 e. The summed E-state index contributed by atoms with van der Waals surface area (Å²) in [5, 5.41) is 0. The topological polar surface area (TPSA) is 94.6 Å². The first-order chi connectivity index (χ1) is 20.4. The van der Waals surface area contributed by atoms with E-state index < -0.39 is 18.6 Å². The van der Waals surface area contributed by atoms with Crippen LogP contribution in [0.1, 0.15) is 69.9 Å². The van der Waals surface area contributed by atoms with E-state index in [-0.39, 0.29) is 30.3 Å². The van der Waals surface area contributed by atoms with Gasteiger partial charge in [0, 0.05) is 37.1 Å². The van der Waals surface area contributed by atoms with E-state index in [4.69, 9.17) is 18.9 Å². The van der Waals surface area contributed by atoms with Crippen LogP contribution in [0.2, 0.25) is 0 Å². The van der Waals surface area contributed by atoms with Gasteiger partial charge in [0.1, 0.15) is 24.8 Å². The number of Topliss-reactive ketones (excluding diaryl/α,β-unsaturated/α-hetero) is 1. The van der Waals surface area contributed by atoms with Crippen molar-refractivity contribution in [3.63, 3.8) is 0 Å². The molecule has 3 aliphatic heterocycles. The zero-order chi connectivity index (χ0) is 29.6. The maximum atomic E-state index is 14.1. The Morgan fingerprint density at radius 1 is 1.14 bits per heavy atom. The Labute approximate surface area is 248 Å². The summed E-state index contributed by atoms with van der Waals surface area (Å²) in [6.45, 7) is 8.84. The molecule has 4 aliphatic rings. The third kappa shape index (κ3) is 6.79. The molecule has 4 atom stereocenters. The number of carbonyl (C=O) groups is 3. The minimum atomic E-state index is -0.767. The standard InChI is InChI=1S/C33H42N2O7/c1-4-15-40-33(38)35-28-20-29(41-21-25-11-9-10-24(19-25)18-23(3)36)22(2)17-26(28)31(37)34-14-7-5-12-27(34)32(35)42-30-13-6-8-16-39-30/h4,9-11,19-20,22,27,30,32H,1,5-8,12-18,21H2,2-3H3/t22?,27-,30?,32?/m0/s1. The maximum Gasteiger partial charge on any atom is 0.416 e. The summed E-state index contributed by atoms with van der Waals surface area (Å²) in [6, 6.07) is 7.46. The van der Waals surface area contributed by atoms with Crippen molar-refractivity contribution < 1.29 is 33.3 Å². The van der Waals surface area contributed by atoms with Crippen molar-refractivity contribution in [1.82, 2.24) is 9.80 Å². The van der Waals surface area contributed by atoms with Gasteiger partial charge in [-0.2, -0.15) is 0 Å². The summed E-state index contributed by atoms with van der Waals surface area (Å²) in [6.07, 6.45) is 7.53. The van der Waals surface area contributed by atoms with Gasteiger partial charge < -0.3 is 23.8 Å². The fraction of sp³-hybridized carbons (Fsp3) is 0.545. The summed E-state index contributed by atoms with van der Waals surface area (Å²) in [7, 11) is 0. The molecule has 9 nitrogen and oxygen atoms in total. The lowest BCUT2D eigenvalue weighted by atomic mass is 9.90. The van der Waals surface area contributed by atoms with Crippen LogP contribution in [0.3, 0.4) is 0 Å². The average molecular weight is 579 g/mol. The largest absolute Gasteiger partial charge is 0.493 e. The fourth-order valence-corrected chi connectivity index (χ4v) is 6.27. The molecule has 2 amide bonds. The van der Waals surface area contributed by atoms with Crippen LogP contribution in [0.4, 0.5) is 4.79 Å². The highest BCUT2D eigenvalue weighted by atomic mass is 16.7. The van der Waals surface area contributed by atoms with Crippen molar-refractivity contribution in [3.05, 3.63) is 71.2 Å². The summed E-state index contributed by atoms with van der Waals surface area (Å²) in [5.74, 6) is 0.629. The second-order valence-electron chi connectivity index (χ2n) is 11.6. The highest BCUT2D eigenvalue weighted by molar-refractivity contribution is 5.97. The second kappa shape index (κ2) is 13.7. The van der Waals surface area contributed by atoms with Gasteiger partial charge in [-0.3, -0.25) is 9.59 Å². The Morgan fingerprint density at radius 2 is 1.95 bits per heavy atom. The molecule has 2 fully saturated rings. The van der Waals surface area contributed by atoms with Crippen molar-refractivity contribution in [3.8, 4) is 0 Å². The molecule has 9 heteroatoms. The van der Waals surface area contributed by atoms with Crippen molar-refractivity contribution >= 4 is 17.8 Å². The number of nitrogens with zero attached hydrogens (tertiary/aromatic N) is 2. The molecular weight excluding hydrogens is 536 g/mol. The number of piperidine rings is 1. The zero-order valence-corrected chi connectivity index (χ0v) is 24.7. The number of ether oxygens (including phenoxy) is 4. The Hall–Kier alpha value is -3.43. The van der Waals surface area contributed by atoms with Gasteiger partial charge >= 0.3 is 6.09 Å². The smallest absolute Gasteiger partial charge is 0.416 e. The Bertz CT molecular complexity index is 1250. The van der Waals surface area contributed by atoms with Crippen LogP contribution >= 0.6 is 0 Å². The van der Waals surface area contributed by atoms with Crippen LogP contribution in [-0.4, -0.2) is 65.9 Å². The number of allylic oxidation sites excluding steroid dienone is 2. The fourth-order valence-electron chi connectivity index (χ4n) is 6.27. The van der Waals surface area contributed by atoms with Gasteiger partial charge in [-0.05, 0) is 63.0 Å². The number of fused-ring (bicyclic) bond motifs is 1. The van der Waals surface area contributed by atoms with E-state index in [9.17, 15) is 14.4 Å². The Kier molecular flexibility index (Phi) is 9.80. The molecule has 1 aromatic carbocycles. The second-order valence-corrected chi connectivity index (χ2v) is 11.6. The number of benzene rings is 1. The number of rotatable bonds is 9. The van der Waals surface area contributed by atoms with Crippen LogP contribution in [0, 0.1) is 5.92 Å². The molecule has 1 aliphatic carbocycles. The van der Waals surface area contributed by atoms with Crippen LogP contribution in [0.25, 0.3) is 0 Å². The Morgan fingerprint density at radius 3 is 2.71 bits per heavy atom. The number of hydrogen-bond acceptors (Lipinski definition) is 7. The van der Waals surface area contributed by atoms with E-state index in [0.717, 1.165) is 43.2 Å². The first-order valence-electron chi connectivity index (χ1n) is 15.2. The van der Waals surface area contributed by atoms with Crippen LogP contribution < -0.4 is 0 Å². The lowest BCUT2D eigenvalue weighted by Gasteiger charge is -2.43. The number of ketones is 1. The van der Waals surface area contributed by atoms with Gasteiger partial charge in [0.25, 0.3) is 5.91 Å². The van der Waals surface area contributed by atoms with Crippen LogP contribution in [-0.2, 0) is 41.6 Å². The van der Waals surface area contributed by atoms with E-state index in [2.05, 4.69) is 6.58 Å². The van der Waals surface area contributed by atoms with Gasteiger partial charge in [-0.1, -0.05) is 43.8 Å². The molecule has 3 heterocycles. The molecule has 0 radical (unpaired) electrons. The summed E-state index contributed by atoms with van der Waals surface area (Å²) in [4.78, 5) is 42.9. The molecule has 0 N–H and O–H groups in total. The van der Waals surface area contributed by atoms with E-state index in [0.29, 0.717) is 56.1 Å². The van der Waals surface area contributed by atoms with Crippen molar-refractivity contribution in [2.45, 2.75) is 90.4 Å². The first-order valence-corrected chi connectivity index (χ1v) is 15.2. The summed E-state index contributed by atoms with van der Waals surface area (Å²) in [5.41, 5.74) is 2.90. The molecule has 1 aromatic rings. The van der Waals surface area contributed by atoms with E-state index in [1.807, 2.05) is 42.2 Å². The quantitative estimate of drug-likeness (QED) is 0.362. The normalized spacial score (nSPS) is 26.0. The summed E-state index contributed by atoms with van der Waals surface area (Å²) < 4.78 is 24.4. The molecule has 0 aromatic heterocycles. The molecular formula is C33H42N2O7. The Balaban J connectivity index is 1.50. The minimum absolute atomic E-state index is 0.0347. The van der Waals surface area contributed by atoms with Gasteiger partial charge in [0.05, 0.1) is 11.7 Å². The van der Waals surface area contributed by atoms with Gasteiger partial charge in [-0.15, -0.1) is 0 Å². The van der Waals surface area contributed by atoms with Crippen molar-refractivity contribution in [2.24, 2.45) is 5.92 Å². The van der Waals surface area contributed by atoms with Gasteiger partial charge in [0.15, 0.2) is 12.5 Å². The predicted molar refractivity (Wildman–Crippen MR) is 156 cm³/mol. The van der Waals surface area contributed by atoms with E-state index in [1.165, 1.54) is 11.0 Å². The molecule has 226 valence electrons. The lowest BCUT2D eigenvalue weighted by molar-refractivity contribution is -0.226. The van der Waals surface area contributed by atoms with E-state index >= 15 is 0 Å². The number of hydrogen-bond donors (Lipinski definition) is 0. The molecule has 0 saturated carbocycles. The monoisotopic (exact) mass is 578 g/mol. The van der Waals surface area contributed by atoms with Gasteiger partial charge in [-0.25, -0.2) is 9.69 Å². The van der Waals surface area contributed by atoms with Crippen molar-refractivity contribution in [2.75, 3.05) is 19.8 Å². The predicted octanol–water partition coefficient (Wildman–Crippen LogP) is 5.40. The van der Waals surface area contributed by atoms with E-state index in [1.54, 1.807) is 6.92 Å². The first kappa shape index (κ1) is 30.0. The zero-order valence-electron chi connectivity index (χ0n) is 24.7.